The summed E-state index contributed by atoms with van der Waals surface area (Å²) in [5.41, 5.74) is 0.734. The lowest BCUT2D eigenvalue weighted by molar-refractivity contribution is -0.113. The molecule has 1 amide bonds. The van der Waals surface area contributed by atoms with E-state index in [1.165, 1.54) is 36.3 Å². The van der Waals surface area contributed by atoms with Crippen LogP contribution in [-0.4, -0.2) is 43.9 Å². The van der Waals surface area contributed by atoms with Gasteiger partial charge >= 0.3 is 0 Å². The molecule has 1 aromatic carbocycles. The molecular weight excluding hydrogens is 421 g/mol. The number of benzene rings is 1. The molecule has 1 fully saturated rings. The lowest BCUT2D eigenvalue weighted by Crippen LogP contribution is -2.18. The van der Waals surface area contributed by atoms with Crippen molar-refractivity contribution in [2.75, 3.05) is 17.7 Å². The predicted molar refractivity (Wildman–Crippen MR) is 108 cm³/mol. The number of anilines is 1. The minimum atomic E-state index is -0.556. The zero-order chi connectivity index (χ0) is 20.4. The van der Waals surface area contributed by atoms with Crippen LogP contribution in [0.5, 0.6) is 0 Å². The molecule has 3 heterocycles. The number of thioether (sulfide) groups is 1. The van der Waals surface area contributed by atoms with Crippen molar-refractivity contribution in [2.24, 2.45) is 0 Å². The van der Waals surface area contributed by atoms with Gasteiger partial charge in [-0.15, -0.1) is 0 Å². The monoisotopic (exact) mass is 437 g/mol. The molecule has 152 valence electrons. The number of nitrogens with one attached hydrogen (secondary N) is 2. The number of carbonyl (C=O) groups excluding carboxylic acids is 1. The molecule has 29 heavy (non-hydrogen) atoms. The molecule has 0 radical (unpaired) electrons. The molecule has 3 aromatic rings. The number of aromatic amines is 1. The van der Waals surface area contributed by atoms with Gasteiger partial charge in [0.1, 0.15) is 5.82 Å². The second kappa shape index (κ2) is 8.52. The van der Waals surface area contributed by atoms with Crippen LogP contribution >= 0.6 is 23.4 Å². The maximum absolute atomic E-state index is 13.2. The van der Waals surface area contributed by atoms with Gasteiger partial charge in [0.05, 0.1) is 29.8 Å². The molecule has 2 aromatic heterocycles. The van der Waals surface area contributed by atoms with E-state index < -0.39 is 5.82 Å². The Morgan fingerprint density at radius 1 is 1.48 bits per heavy atom. The van der Waals surface area contributed by atoms with Gasteiger partial charge in [-0.05, 0) is 31.0 Å². The second-order valence-electron chi connectivity index (χ2n) is 6.51. The third-order valence-electron chi connectivity index (χ3n) is 4.45. The number of halogens is 2. The van der Waals surface area contributed by atoms with Crippen LogP contribution in [0.25, 0.3) is 11.2 Å². The number of carbonyl (C=O) groups is 1. The first-order valence-electron chi connectivity index (χ1n) is 8.94. The fourth-order valence-electron chi connectivity index (χ4n) is 3.10. The molecule has 0 aliphatic carbocycles. The van der Waals surface area contributed by atoms with Gasteiger partial charge in [0.2, 0.25) is 5.91 Å². The highest BCUT2D eigenvalue weighted by Gasteiger charge is 2.22. The SMILES string of the molecule is O=C(CSc1nc2c(=O)[nH]cnc2n1CC1CCCO1)Nc1ccc(F)c(Cl)c1. The number of fused-ring (bicyclic) bond motifs is 1. The molecule has 0 saturated carbocycles. The van der Waals surface area contributed by atoms with E-state index in [1.807, 2.05) is 4.57 Å². The number of aromatic nitrogens is 4. The molecule has 1 aliphatic rings. The van der Waals surface area contributed by atoms with Crippen molar-refractivity contribution in [2.45, 2.75) is 30.6 Å². The number of hydrogen-bond donors (Lipinski definition) is 2. The summed E-state index contributed by atoms with van der Waals surface area (Å²) in [5.74, 6) is -0.822. The zero-order valence-corrected chi connectivity index (χ0v) is 16.7. The van der Waals surface area contributed by atoms with Gasteiger partial charge in [-0.1, -0.05) is 23.4 Å². The first-order chi connectivity index (χ1) is 14.0. The maximum Gasteiger partial charge on any atom is 0.278 e. The van der Waals surface area contributed by atoms with Crippen LogP contribution in [0, 0.1) is 5.82 Å². The van der Waals surface area contributed by atoms with E-state index in [4.69, 9.17) is 16.3 Å². The summed E-state index contributed by atoms with van der Waals surface area (Å²) in [5, 5.41) is 3.10. The summed E-state index contributed by atoms with van der Waals surface area (Å²) in [6.45, 7) is 1.21. The summed E-state index contributed by atoms with van der Waals surface area (Å²) in [6.07, 6.45) is 3.25. The summed E-state index contributed by atoms with van der Waals surface area (Å²) < 4.78 is 20.8. The molecule has 0 spiro atoms. The van der Waals surface area contributed by atoms with Crippen LogP contribution in [-0.2, 0) is 16.1 Å². The quantitative estimate of drug-likeness (QED) is 0.575. The number of ether oxygens (including phenoxy) is 1. The molecular formula is C18H17ClFN5O3S. The third kappa shape index (κ3) is 4.44. The van der Waals surface area contributed by atoms with Crippen molar-refractivity contribution in [3.8, 4) is 0 Å². The molecule has 1 unspecified atom stereocenters. The summed E-state index contributed by atoms with van der Waals surface area (Å²) in [6, 6.07) is 3.96. The van der Waals surface area contributed by atoms with Gasteiger partial charge in [-0.3, -0.25) is 9.59 Å². The Bertz CT molecular complexity index is 1110. The topological polar surface area (TPSA) is 102 Å². The molecule has 11 heteroatoms. The van der Waals surface area contributed by atoms with Crippen molar-refractivity contribution in [1.82, 2.24) is 19.5 Å². The Morgan fingerprint density at radius 3 is 3.10 bits per heavy atom. The maximum atomic E-state index is 13.2. The average molecular weight is 438 g/mol. The largest absolute Gasteiger partial charge is 0.376 e. The van der Waals surface area contributed by atoms with E-state index in [0.29, 0.717) is 29.6 Å². The first kappa shape index (κ1) is 19.9. The lowest BCUT2D eigenvalue weighted by atomic mass is 10.2. The molecule has 1 aliphatic heterocycles. The smallest absolute Gasteiger partial charge is 0.278 e. The number of imidazole rings is 1. The fourth-order valence-corrected chi connectivity index (χ4v) is 4.08. The van der Waals surface area contributed by atoms with Gasteiger partial charge in [-0.2, -0.15) is 0 Å². The van der Waals surface area contributed by atoms with Crippen molar-refractivity contribution < 1.29 is 13.9 Å². The Balaban J connectivity index is 1.51. The van der Waals surface area contributed by atoms with E-state index in [1.54, 1.807) is 0 Å². The number of hydrogen-bond acceptors (Lipinski definition) is 6. The number of amides is 1. The van der Waals surface area contributed by atoms with Crippen LogP contribution in [0.2, 0.25) is 5.02 Å². The minimum Gasteiger partial charge on any atom is -0.376 e. The number of nitrogens with zero attached hydrogens (tertiary/aromatic N) is 3. The van der Waals surface area contributed by atoms with Crippen molar-refractivity contribution >= 4 is 46.1 Å². The second-order valence-corrected chi connectivity index (χ2v) is 7.86. The fraction of sp³-hybridized carbons (Fsp3) is 0.333. The van der Waals surface area contributed by atoms with Gasteiger partial charge in [-0.25, -0.2) is 14.4 Å². The molecule has 8 nitrogen and oxygen atoms in total. The number of H-pyrrole nitrogens is 1. The zero-order valence-electron chi connectivity index (χ0n) is 15.2. The molecule has 2 N–H and O–H groups in total. The molecule has 1 atom stereocenters. The number of rotatable bonds is 6. The van der Waals surface area contributed by atoms with Crippen LogP contribution in [0.4, 0.5) is 10.1 Å². The van der Waals surface area contributed by atoms with Crippen LogP contribution in [0.1, 0.15) is 12.8 Å². The molecule has 0 bridgehead atoms. The average Bonchev–Trinajstić information content (AvgIpc) is 3.33. The van der Waals surface area contributed by atoms with E-state index >= 15 is 0 Å². The van der Waals surface area contributed by atoms with Crippen molar-refractivity contribution in [3.05, 3.63) is 45.7 Å². The molecule has 1 saturated heterocycles. The normalized spacial score (nSPS) is 16.4. The van der Waals surface area contributed by atoms with E-state index in [-0.39, 0.29) is 33.9 Å². The Labute approximate surface area is 173 Å². The van der Waals surface area contributed by atoms with Crippen molar-refractivity contribution in [1.29, 1.82) is 0 Å². The van der Waals surface area contributed by atoms with Gasteiger partial charge in [0, 0.05) is 12.3 Å². The lowest BCUT2D eigenvalue weighted by Gasteiger charge is -2.13. The van der Waals surface area contributed by atoms with E-state index in [9.17, 15) is 14.0 Å². The Kier molecular flexibility index (Phi) is 5.84. The Hall–Kier alpha value is -2.43. The molecule has 4 rings (SSSR count). The summed E-state index contributed by atoms with van der Waals surface area (Å²) >= 11 is 6.92. The van der Waals surface area contributed by atoms with Crippen LogP contribution < -0.4 is 10.9 Å². The Morgan fingerprint density at radius 2 is 2.34 bits per heavy atom. The summed E-state index contributed by atoms with van der Waals surface area (Å²) in [7, 11) is 0. The standard InChI is InChI=1S/C18H17ClFN5O3S/c19-12-6-10(3-4-13(12)20)23-14(26)8-29-18-24-15-16(21-9-22-17(15)27)25(18)7-11-2-1-5-28-11/h3-4,6,9,11H,1-2,5,7-8H2,(H,23,26)(H,21,22,27). The highest BCUT2D eigenvalue weighted by Crippen LogP contribution is 2.25. The summed E-state index contributed by atoms with van der Waals surface area (Å²) in [4.78, 5) is 35.5. The van der Waals surface area contributed by atoms with Gasteiger partial charge < -0.3 is 19.6 Å². The third-order valence-corrected chi connectivity index (χ3v) is 5.72. The predicted octanol–water partition coefficient (Wildman–Crippen LogP) is 2.82. The van der Waals surface area contributed by atoms with Crippen molar-refractivity contribution in [3.63, 3.8) is 0 Å². The van der Waals surface area contributed by atoms with E-state index in [2.05, 4.69) is 20.3 Å². The van der Waals surface area contributed by atoms with Crippen LogP contribution in [0.3, 0.4) is 0 Å². The van der Waals surface area contributed by atoms with E-state index in [0.717, 1.165) is 12.8 Å². The highest BCUT2D eigenvalue weighted by atomic mass is 35.5. The minimum absolute atomic E-state index is 0.0167. The van der Waals surface area contributed by atoms with Crippen LogP contribution in [0.15, 0.2) is 34.5 Å². The highest BCUT2D eigenvalue weighted by molar-refractivity contribution is 7.99. The van der Waals surface area contributed by atoms with Gasteiger partial charge in [0.15, 0.2) is 16.3 Å². The first-order valence-corrected chi connectivity index (χ1v) is 10.3. The van der Waals surface area contributed by atoms with Gasteiger partial charge in [0.25, 0.3) is 5.56 Å².